The Morgan fingerprint density at radius 3 is 2.06 bits per heavy atom. The molecule has 1 N–H and O–H groups in total. The standard InChI is InChI=1S/C15H27NO/c1-13(2,3)11-6-8-15(9-7-11)10-12(17)16-14(15,4)5/h11H,6-10H2,1-5H3,(H,16,17). The summed E-state index contributed by atoms with van der Waals surface area (Å²) in [4.78, 5) is 11.7. The zero-order valence-corrected chi connectivity index (χ0v) is 12.0. The van der Waals surface area contributed by atoms with Gasteiger partial charge in [0, 0.05) is 17.4 Å². The molecule has 17 heavy (non-hydrogen) atoms. The van der Waals surface area contributed by atoms with Crippen LogP contribution in [0.5, 0.6) is 0 Å². The zero-order valence-electron chi connectivity index (χ0n) is 12.0. The Bertz CT molecular complexity index is 316. The van der Waals surface area contributed by atoms with Gasteiger partial charge in [-0.1, -0.05) is 20.8 Å². The maximum Gasteiger partial charge on any atom is 0.221 e. The highest BCUT2D eigenvalue weighted by Crippen LogP contribution is 2.54. The van der Waals surface area contributed by atoms with Crippen LogP contribution in [0.15, 0.2) is 0 Å². The lowest BCUT2D eigenvalue weighted by Crippen LogP contribution is -2.49. The molecule has 1 saturated heterocycles. The first-order valence-electron chi connectivity index (χ1n) is 6.97. The third-order valence-corrected chi connectivity index (χ3v) is 5.44. The van der Waals surface area contributed by atoms with Gasteiger partial charge in [-0.15, -0.1) is 0 Å². The number of rotatable bonds is 0. The Morgan fingerprint density at radius 1 is 1.18 bits per heavy atom. The van der Waals surface area contributed by atoms with Gasteiger partial charge in [-0.3, -0.25) is 4.79 Å². The summed E-state index contributed by atoms with van der Waals surface area (Å²) in [6.07, 6.45) is 5.72. The van der Waals surface area contributed by atoms with E-state index in [9.17, 15) is 4.79 Å². The van der Waals surface area contributed by atoms with Crippen molar-refractivity contribution >= 4 is 5.91 Å². The average molecular weight is 237 g/mol. The maximum atomic E-state index is 11.7. The molecule has 2 heteroatoms. The first kappa shape index (κ1) is 12.9. The van der Waals surface area contributed by atoms with E-state index in [1.54, 1.807) is 0 Å². The summed E-state index contributed by atoms with van der Waals surface area (Å²) in [5.41, 5.74) is 0.639. The molecule has 1 saturated carbocycles. The first-order chi connectivity index (χ1) is 7.66. The molecule has 2 fully saturated rings. The van der Waals surface area contributed by atoms with Crippen LogP contribution in [0.1, 0.15) is 66.7 Å². The lowest BCUT2D eigenvalue weighted by molar-refractivity contribution is -0.120. The summed E-state index contributed by atoms with van der Waals surface area (Å²) in [5.74, 6) is 1.07. The Kier molecular flexibility index (Phi) is 2.83. The van der Waals surface area contributed by atoms with E-state index in [0.29, 0.717) is 5.41 Å². The zero-order chi connectivity index (χ0) is 12.9. The summed E-state index contributed by atoms with van der Waals surface area (Å²) in [6, 6.07) is 0. The summed E-state index contributed by atoms with van der Waals surface area (Å²) < 4.78 is 0. The second-order valence-electron chi connectivity index (χ2n) is 7.77. The van der Waals surface area contributed by atoms with E-state index in [4.69, 9.17) is 0 Å². The molecule has 2 rings (SSSR count). The molecule has 1 spiro atoms. The molecule has 0 aromatic rings. The van der Waals surface area contributed by atoms with Crippen LogP contribution in [0.3, 0.4) is 0 Å². The highest BCUT2D eigenvalue weighted by Gasteiger charge is 2.54. The molecule has 2 nitrogen and oxygen atoms in total. The van der Waals surface area contributed by atoms with Gasteiger partial charge in [-0.05, 0) is 50.9 Å². The fourth-order valence-electron chi connectivity index (χ4n) is 3.89. The van der Waals surface area contributed by atoms with Gasteiger partial charge in [0.2, 0.25) is 5.91 Å². The third kappa shape index (κ3) is 2.11. The lowest BCUT2D eigenvalue weighted by Gasteiger charge is -2.47. The van der Waals surface area contributed by atoms with Crippen LogP contribution in [-0.4, -0.2) is 11.4 Å². The van der Waals surface area contributed by atoms with Crippen molar-refractivity contribution in [1.82, 2.24) is 5.32 Å². The van der Waals surface area contributed by atoms with E-state index in [0.717, 1.165) is 12.3 Å². The van der Waals surface area contributed by atoms with Crippen molar-refractivity contribution < 1.29 is 4.79 Å². The van der Waals surface area contributed by atoms with Crippen LogP contribution in [0.25, 0.3) is 0 Å². The van der Waals surface area contributed by atoms with Crippen molar-refractivity contribution in [3.63, 3.8) is 0 Å². The van der Waals surface area contributed by atoms with Crippen LogP contribution < -0.4 is 5.32 Å². The Labute approximate surface area is 106 Å². The lowest BCUT2D eigenvalue weighted by atomic mass is 9.58. The van der Waals surface area contributed by atoms with Crippen molar-refractivity contribution in [2.24, 2.45) is 16.7 Å². The molecule has 0 atom stereocenters. The van der Waals surface area contributed by atoms with Crippen molar-refractivity contribution in [2.75, 3.05) is 0 Å². The van der Waals surface area contributed by atoms with E-state index >= 15 is 0 Å². The van der Waals surface area contributed by atoms with E-state index in [1.807, 2.05) is 0 Å². The van der Waals surface area contributed by atoms with Crippen molar-refractivity contribution in [1.29, 1.82) is 0 Å². The molecule has 1 amide bonds. The molecular formula is C15H27NO. The van der Waals surface area contributed by atoms with Gasteiger partial charge in [0.05, 0.1) is 0 Å². The minimum absolute atomic E-state index is 0.00701. The topological polar surface area (TPSA) is 29.1 Å². The van der Waals surface area contributed by atoms with E-state index in [1.165, 1.54) is 25.7 Å². The highest BCUT2D eigenvalue weighted by atomic mass is 16.2. The predicted molar refractivity (Wildman–Crippen MR) is 70.7 cm³/mol. The molecule has 0 bridgehead atoms. The minimum atomic E-state index is -0.00701. The van der Waals surface area contributed by atoms with Crippen molar-refractivity contribution in [2.45, 2.75) is 72.3 Å². The molecule has 98 valence electrons. The van der Waals surface area contributed by atoms with Crippen LogP contribution >= 0.6 is 0 Å². The van der Waals surface area contributed by atoms with Gasteiger partial charge in [-0.25, -0.2) is 0 Å². The van der Waals surface area contributed by atoms with E-state index in [2.05, 4.69) is 39.9 Å². The third-order valence-electron chi connectivity index (χ3n) is 5.44. The monoisotopic (exact) mass is 237 g/mol. The maximum absolute atomic E-state index is 11.7. The molecule has 0 aromatic heterocycles. The second kappa shape index (κ2) is 3.73. The largest absolute Gasteiger partial charge is 0.351 e. The van der Waals surface area contributed by atoms with Crippen LogP contribution in [0, 0.1) is 16.7 Å². The minimum Gasteiger partial charge on any atom is -0.351 e. The van der Waals surface area contributed by atoms with Crippen LogP contribution in [0.4, 0.5) is 0 Å². The fourth-order valence-corrected chi connectivity index (χ4v) is 3.89. The highest BCUT2D eigenvalue weighted by molar-refractivity contribution is 5.80. The first-order valence-corrected chi connectivity index (χ1v) is 6.97. The molecule has 0 radical (unpaired) electrons. The predicted octanol–water partition coefficient (Wildman–Crippen LogP) is 3.51. The summed E-state index contributed by atoms with van der Waals surface area (Å²) in [7, 11) is 0. The van der Waals surface area contributed by atoms with Gasteiger partial charge in [0.25, 0.3) is 0 Å². The number of carbonyl (C=O) groups excluding carboxylic acids is 1. The molecule has 0 aromatic carbocycles. The number of hydrogen-bond donors (Lipinski definition) is 1. The van der Waals surface area contributed by atoms with Crippen molar-refractivity contribution in [3.8, 4) is 0 Å². The van der Waals surface area contributed by atoms with Gasteiger partial charge in [-0.2, -0.15) is 0 Å². The molecule has 0 unspecified atom stereocenters. The smallest absolute Gasteiger partial charge is 0.221 e. The SMILES string of the molecule is CC(C)(C)C1CCC2(CC1)CC(=O)NC2(C)C. The summed E-state index contributed by atoms with van der Waals surface area (Å²) in [6.45, 7) is 11.4. The molecular weight excluding hydrogens is 210 g/mol. The number of nitrogens with one attached hydrogen (secondary N) is 1. The van der Waals surface area contributed by atoms with Crippen LogP contribution in [0.2, 0.25) is 0 Å². The number of carbonyl (C=O) groups is 1. The van der Waals surface area contributed by atoms with E-state index in [-0.39, 0.29) is 16.9 Å². The van der Waals surface area contributed by atoms with Gasteiger partial charge < -0.3 is 5.32 Å². The average Bonchev–Trinajstić information content (AvgIpc) is 2.35. The van der Waals surface area contributed by atoms with Gasteiger partial charge in [0.1, 0.15) is 0 Å². The summed E-state index contributed by atoms with van der Waals surface area (Å²) >= 11 is 0. The number of amides is 1. The molecule has 1 aliphatic carbocycles. The molecule has 1 aliphatic heterocycles. The van der Waals surface area contributed by atoms with Gasteiger partial charge >= 0.3 is 0 Å². The Balaban J connectivity index is 2.10. The Hall–Kier alpha value is -0.530. The van der Waals surface area contributed by atoms with Gasteiger partial charge in [0.15, 0.2) is 0 Å². The summed E-state index contributed by atoms with van der Waals surface area (Å²) in [5, 5.41) is 3.17. The Morgan fingerprint density at radius 2 is 1.71 bits per heavy atom. The molecule has 1 heterocycles. The molecule has 2 aliphatic rings. The van der Waals surface area contributed by atoms with Crippen molar-refractivity contribution in [3.05, 3.63) is 0 Å². The van der Waals surface area contributed by atoms with Crippen LogP contribution in [-0.2, 0) is 4.79 Å². The number of hydrogen-bond acceptors (Lipinski definition) is 1. The fraction of sp³-hybridized carbons (Fsp3) is 0.933. The second-order valence-corrected chi connectivity index (χ2v) is 7.77. The normalized spacial score (nSPS) is 37.2. The quantitative estimate of drug-likeness (QED) is 0.686. The van der Waals surface area contributed by atoms with E-state index < -0.39 is 0 Å².